The molecule has 0 aliphatic carbocycles. The van der Waals surface area contributed by atoms with Gasteiger partial charge in [-0.05, 0) is 25.1 Å². The van der Waals surface area contributed by atoms with Crippen LogP contribution in [0.2, 0.25) is 0 Å². The lowest BCUT2D eigenvalue weighted by Gasteiger charge is -2.38. The van der Waals surface area contributed by atoms with Gasteiger partial charge in [-0.3, -0.25) is 0 Å². The molecule has 1 aromatic carbocycles. The molecule has 1 heterocycles. The molecule has 0 radical (unpaired) electrons. The molecule has 19 heavy (non-hydrogen) atoms. The van der Waals surface area contributed by atoms with Crippen LogP contribution in [0.25, 0.3) is 0 Å². The summed E-state index contributed by atoms with van der Waals surface area (Å²) >= 11 is 0. The monoisotopic (exact) mass is 264 g/mol. The van der Waals surface area contributed by atoms with Crippen molar-refractivity contribution in [3.63, 3.8) is 0 Å². The average Bonchev–Trinajstić information content (AvgIpc) is 2.68. The Morgan fingerprint density at radius 3 is 2.74 bits per heavy atom. The second kappa shape index (κ2) is 4.44. The van der Waals surface area contributed by atoms with E-state index in [9.17, 15) is 9.90 Å². The number of benzene rings is 1. The summed E-state index contributed by atoms with van der Waals surface area (Å²) in [4.78, 5) is 12.4. The molecule has 0 saturated heterocycles. The molecular weight excluding hydrogens is 244 g/mol. The first kappa shape index (κ1) is 13.7. The standard InChI is InChI=1S/C15H20O4/c1-5-18-13(17)15(14(2,3)4)9-10-8-11(16)6-7-12(10)19-15/h6-8,16H,5,9H2,1-4H3. The smallest absolute Gasteiger partial charge is 0.351 e. The van der Waals surface area contributed by atoms with Crippen molar-refractivity contribution in [3.8, 4) is 11.5 Å². The Labute approximate surface area is 113 Å². The lowest BCUT2D eigenvalue weighted by Crippen LogP contribution is -2.54. The van der Waals surface area contributed by atoms with E-state index in [2.05, 4.69) is 0 Å². The van der Waals surface area contributed by atoms with Crippen molar-refractivity contribution in [3.05, 3.63) is 23.8 Å². The average molecular weight is 264 g/mol. The van der Waals surface area contributed by atoms with E-state index in [0.717, 1.165) is 5.56 Å². The highest BCUT2D eigenvalue weighted by atomic mass is 16.6. The van der Waals surface area contributed by atoms with Gasteiger partial charge in [0.25, 0.3) is 0 Å². The fourth-order valence-corrected chi connectivity index (χ4v) is 2.38. The second-order valence-electron chi connectivity index (χ2n) is 5.87. The third kappa shape index (κ3) is 2.15. The molecule has 104 valence electrons. The lowest BCUT2D eigenvalue weighted by atomic mass is 9.74. The molecule has 1 N–H and O–H groups in total. The molecule has 4 nitrogen and oxygen atoms in total. The molecular formula is C15H20O4. The predicted octanol–water partition coefficient (Wildman–Crippen LogP) is 2.68. The highest BCUT2D eigenvalue weighted by Gasteiger charge is 2.56. The number of ether oxygens (including phenoxy) is 2. The van der Waals surface area contributed by atoms with Crippen LogP contribution in [0.15, 0.2) is 18.2 Å². The van der Waals surface area contributed by atoms with Gasteiger partial charge in [0.2, 0.25) is 5.60 Å². The maximum absolute atomic E-state index is 12.4. The van der Waals surface area contributed by atoms with Crippen LogP contribution < -0.4 is 4.74 Å². The third-order valence-electron chi connectivity index (χ3n) is 3.58. The number of phenols is 1. The van der Waals surface area contributed by atoms with Crippen LogP contribution in [0.4, 0.5) is 0 Å². The Hall–Kier alpha value is -1.71. The molecule has 1 aromatic rings. The van der Waals surface area contributed by atoms with Gasteiger partial charge in [0, 0.05) is 17.4 Å². The van der Waals surface area contributed by atoms with Gasteiger partial charge in [-0.2, -0.15) is 0 Å². The Morgan fingerprint density at radius 2 is 2.16 bits per heavy atom. The molecule has 1 unspecified atom stereocenters. The molecule has 0 amide bonds. The lowest BCUT2D eigenvalue weighted by molar-refractivity contribution is -0.170. The molecule has 0 fully saturated rings. The largest absolute Gasteiger partial charge is 0.508 e. The highest BCUT2D eigenvalue weighted by Crippen LogP contribution is 2.46. The number of hydrogen-bond donors (Lipinski definition) is 1. The fourth-order valence-electron chi connectivity index (χ4n) is 2.38. The van der Waals surface area contributed by atoms with E-state index < -0.39 is 11.0 Å². The van der Waals surface area contributed by atoms with Crippen LogP contribution in [0.5, 0.6) is 11.5 Å². The summed E-state index contributed by atoms with van der Waals surface area (Å²) in [6, 6.07) is 4.89. The number of carbonyl (C=O) groups is 1. The van der Waals surface area contributed by atoms with Gasteiger partial charge in [0.15, 0.2) is 0 Å². The van der Waals surface area contributed by atoms with Gasteiger partial charge >= 0.3 is 5.97 Å². The fraction of sp³-hybridized carbons (Fsp3) is 0.533. The summed E-state index contributed by atoms with van der Waals surface area (Å²) in [6.45, 7) is 7.96. The molecule has 0 aromatic heterocycles. The molecule has 2 rings (SSSR count). The van der Waals surface area contributed by atoms with Gasteiger partial charge in [-0.25, -0.2) is 4.79 Å². The van der Waals surface area contributed by atoms with E-state index in [4.69, 9.17) is 9.47 Å². The summed E-state index contributed by atoms with van der Waals surface area (Å²) in [6.07, 6.45) is 0.416. The van der Waals surface area contributed by atoms with Crippen LogP contribution in [-0.4, -0.2) is 23.3 Å². The van der Waals surface area contributed by atoms with E-state index in [1.165, 1.54) is 0 Å². The number of esters is 1. The molecule has 1 aliphatic rings. The first-order chi connectivity index (χ1) is 8.80. The zero-order valence-electron chi connectivity index (χ0n) is 11.8. The number of hydrogen-bond acceptors (Lipinski definition) is 4. The van der Waals surface area contributed by atoms with Crippen molar-refractivity contribution in [1.29, 1.82) is 0 Å². The highest BCUT2D eigenvalue weighted by molar-refractivity contribution is 5.83. The van der Waals surface area contributed by atoms with Crippen molar-refractivity contribution >= 4 is 5.97 Å². The maximum Gasteiger partial charge on any atom is 0.351 e. The number of carbonyl (C=O) groups excluding carboxylic acids is 1. The minimum absolute atomic E-state index is 0.177. The van der Waals surface area contributed by atoms with Gasteiger partial charge in [0.1, 0.15) is 11.5 Å². The maximum atomic E-state index is 12.4. The van der Waals surface area contributed by atoms with Crippen LogP contribution in [0.1, 0.15) is 33.3 Å². The SMILES string of the molecule is CCOC(=O)C1(C(C)(C)C)Cc2cc(O)ccc2O1. The Balaban J connectivity index is 2.43. The normalized spacial score (nSPS) is 21.7. The van der Waals surface area contributed by atoms with Gasteiger partial charge in [-0.1, -0.05) is 20.8 Å². The van der Waals surface area contributed by atoms with E-state index in [0.29, 0.717) is 18.8 Å². The van der Waals surface area contributed by atoms with Gasteiger partial charge in [0.05, 0.1) is 6.61 Å². The first-order valence-electron chi connectivity index (χ1n) is 6.48. The van der Waals surface area contributed by atoms with Crippen molar-refractivity contribution in [2.75, 3.05) is 6.61 Å². The number of phenolic OH excluding ortho intramolecular Hbond substituents is 1. The van der Waals surface area contributed by atoms with E-state index in [-0.39, 0.29) is 11.7 Å². The predicted molar refractivity (Wildman–Crippen MR) is 71.3 cm³/mol. The van der Waals surface area contributed by atoms with Gasteiger partial charge < -0.3 is 14.6 Å². The summed E-state index contributed by atoms with van der Waals surface area (Å²) in [7, 11) is 0. The first-order valence-corrected chi connectivity index (χ1v) is 6.48. The number of aromatic hydroxyl groups is 1. The summed E-state index contributed by atoms with van der Waals surface area (Å²) in [5, 5.41) is 9.54. The minimum atomic E-state index is -1.03. The number of rotatable bonds is 2. The van der Waals surface area contributed by atoms with Crippen LogP contribution in [0.3, 0.4) is 0 Å². The third-order valence-corrected chi connectivity index (χ3v) is 3.58. The summed E-state index contributed by atoms with van der Waals surface area (Å²) in [5.74, 6) is 0.467. The second-order valence-corrected chi connectivity index (χ2v) is 5.87. The van der Waals surface area contributed by atoms with Crippen LogP contribution in [0, 0.1) is 5.41 Å². The molecule has 4 heteroatoms. The van der Waals surface area contributed by atoms with Crippen LogP contribution >= 0.6 is 0 Å². The van der Waals surface area contributed by atoms with Crippen molar-refractivity contribution in [2.45, 2.75) is 39.7 Å². The quantitative estimate of drug-likeness (QED) is 0.834. The summed E-state index contributed by atoms with van der Waals surface area (Å²) < 4.78 is 11.1. The molecule has 1 atom stereocenters. The summed E-state index contributed by atoms with van der Waals surface area (Å²) in [5.41, 5.74) is -0.601. The van der Waals surface area contributed by atoms with E-state index >= 15 is 0 Å². The molecule has 1 aliphatic heterocycles. The Morgan fingerprint density at radius 1 is 1.47 bits per heavy atom. The minimum Gasteiger partial charge on any atom is -0.508 e. The Kier molecular flexibility index (Phi) is 3.20. The van der Waals surface area contributed by atoms with Crippen molar-refractivity contribution in [2.24, 2.45) is 5.41 Å². The van der Waals surface area contributed by atoms with Gasteiger partial charge in [-0.15, -0.1) is 0 Å². The Bertz CT molecular complexity index is 501. The van der Waals surface area contributed by atoms with E-state index in [1.807, 2.05) is 20.8 Å². The molecule has 0 spiro atoms. The van der Waals surface area contributed by atoms with Crippen LogP contribution in [-0.2, 0) is 16.0 Å². The van der Waals surface area contributed by atoms with Crippen molar-refractivity contribution < 1.29 is 19.4 Å². The molecule has 0 saturated carbocycles. The zero-order valence-corrected chi connectivity index (χ0v) is 11.8. The van der Waals surface area contributed by atoms with Crippen molar-refractivity contribution in [1.82, 2.24) is 0 Å². The zero-order chi connectivity index (χ0) is 14.3. The number of fused-ring (bicyclic) bond motifs is 1. The topological polar surface area (TPSA) is 55.8 Å². The molecule has 0 bridgehead atoms. The van der Waals surface area contributed by atoms with E-state index in [1.54, 1.807) is 25.1 Å².